The number of aliphatic hydroxyl groups excluding tert-OH is 1. The molecule has 158 valence electrons. The fourth-order valence-electron chi connectivity index (χ4n) is 3.72. The van der Waals surface area contributed by atoms with E-state index in [1.807, 2.05) is 6.92 Å². The third-order valence-corrected chi connectivity index (χ3v) is 7.75. The highest BCUT2D eigenvalue weighted by Crippen LogP contribution is 2.66. The number of nitrogens with one attached hydrogen (secondary N) is 1. The van der Waals surface area contributed by atoms with Crippen molar-refractivity contribution in [3.63, 3.8) is 0 Å². The van der Waals surface area contributed by atoms with Crippen LogP contribution in [0.25, 0.3) is 0 Å². The molecule has 3 unspecified atom stereocenters. The first kappa shape index (κ1) is 21.4. The maximum absolute atomic E-state index is 12.6. The molecule has 2 N–H and O–H groups in total. The van der Waals surface area contributed by atoms with E-state index in [0.29, 0.717) is 18.6 Å². The predicted molar refractivity (Wildman–Crippen MR) is 99.5 cm³/mol. The van der Waals surface area contributed by atoms with Crippen molar-refractivity contribution in [2.45, 2.75) is 56.9 Å². The maximum atomic E-state index is 12.6. The van der Waals surface area contributed by atoms with Gasteiger partial charge in [-0.1, -0.05) is 6.92 Å². The molecule has 0 spiro atoms. The molecule has 0 bridgehead atoms. The number of aliphatic hydroxyl groups is 1. The smallest absolute Gasteiger partial charge is 0.333 e. The van der Waals surface area contributed by atoms with Crippen LogP contribution in [0, 0.1) is 12.8 Å². The standard InChI is InChI=1S/C17H27N2O8P/c1-5-6-26-14-12(20)13(10-7-11(10)28(23,24-3)25-4)27-16(14)19-8-9(2)15(21)18-17(19)22/h8,10-14,16,20H,5-7H2,1-4H3,(H,18,21,22)/t10?,11?,12-,13+,14?,16+/m0/s1. The number of aromatic nitrogens is 2. The Morgan fingerprint density at radius 1 is 1.36 bits per heavy atom. The van der Waals surface area contributed by atoms with Gasteiger partial charge in [-0.25, -0.2) is 4.79 Å². The van der Waals surface area contributed by atoms with E-state index in [2.05, 4.69) is 4.98 Å². The highest BCUT2D eigenvalue weighted by molar-refractivity contribution is 7.55. The van der Waals surface area contributed by atoms with Crippen molar-refractivity contribution in [2.75, 3.05) is 20.8 Å². The largest absolute Gasteiger partial charge is 0.387 e. The highest BCUT2D eigenvalue weighted by Gasteiger charge is 2.61. The first-order valence-corrected chi connectivity index (χ1v) is 10.9. The SMILES string of the molecule is CCCOC1[C@@H](O)[C@@H](C2CC2P(=O)(OC)OC)O[C@H]1n1cc(C)c(=O)[nH]c1=O. The second kappa shape index (κ2) is 8.22. The van der Waals surface area contributed by atoms with Gasteiger partial charge in [0, 0.05) is 38.5 Å². The fraction of sp³-hybridized carbons (Fsp3) is 0.765. The molecular weight excluding hydrogens is 391 g/mol. The van der Waals surface area contributed by atoms with Gasteiger partial charge in [-0.15, -0.1) is 0 Å². The van der Waals surface area contributed by atoms with Gasteiger partial charge in [0.1, 0.15) is 12.2 Å². The molecule has 2 aliphatic rings. The molecule has 0 amide bonds. The average molecular weight is 418 g/mol. The van der Waals surface area contributed by atoms with Crippen LogP contribution in [-0.4, -0.2) is 59.5 Å². The minimum atomic E-state index is -3.28. The molecule has 2 heterocycles. The molecule has 1 saturated carbocycles. The van der Waals surface area contributed by atoms with Crippen molar-refractivity contribution >= 4 is 7.60 Å². The van der Waals surface area contributed by atoms with Gasteiger partial charge in [0.05, 0.1) is 11.8 Å². The van der Waals surface area contributed by atoms with Crippen molar-refractivity contribution in [1.29, 1.82) is 0 Å². The Balaban J connectivity index is 1.89. The minimum Gasteiger partial charge on any atom is -0.387 e. The lowest BCUT2D eigenvalue weighted by molar-refractivity contribution is -0.0719. The van der Waals surface area contributed by atoms with Crippen LogP contribution in [0.2, 0.25) is 0 Å². The molecule has 2 fully saturated rings. The van der Waals surface area contributed by atoms with Gasteiger partial charge in [0.25, 0.3) is 5.56 Å². The zero-order chi connectivity index (χ0) is 20.6. The highest BCUT2D eigenvalue weighted by atomic mass is 31.2. The van der Waals surface area contributed by atoms with Crippen molar-refractivity contribution < 1.29 is 28.2 Å². The van der Waals surface area contributed by atoms with Crippen LogP contribution in [0.3, 0.4) is 0 Å². The molecular formula is C17H27N2O8P. The number of H-pyrrole nitrogens is 1. The second-order valence-corrected chi connectivity index (χ2v) is 9.64. The molecule has 1 aromatic rings. The molecule has 1 aliphatic heterocycles. The summed E-state index contributed by atoms with van der Waals surface area (Å²) in [6.45, 7) is 3.87. The molecule has 1 saturated heterocycles. The van der Waals surface area contributed by atoms with E-state index in [1.165, 1.54) is 25.0 Å². The topological polar surface area (TPSA) is 129 Å². The number of aryl methyl sites for hydroxylation is 1. The molecule has 1 aromatic heterocycles. The lowest BCUT2D eigenvalue weighted by atomic mass is 10.1. The lowest BCUT2D eigenvalue weighted by Gasteiger charge is -2.22. The molecule has 6 atom stereocenters. The average Bonchev–Trinajstić information content (AvgIpc) is 3.41. The van der Waals surface area contributed by atoms with Crippen LogP contribution in [0.5, 0.6) is 0 Å². The quantitative estimate of drug-likeness (QED) is 0.593. The van der Waals surface area contributed by atoms with Crippen molar-refractivity contribution in [1.82, 2.24) is 9.55 Å². The second-order valence-electron chi connectivity index (χ2n) is 7.17. The number of nitrogens with zero attached hydrogens (tertiary/aromatic N) is 1. The van der Waals surface area contributed by atoms with E-state index < -0.39 is 43.4 Å². The van der Waals surface area contributed by atoms with E-state index in [-0.39, 0.29) is 11.6 Å². The summed E-state index contributed by atoms with van der Waals surface area (Å²) in [6, 6.07) is 0. The Bertz CT molecular complexity index is 859. The van der Waals surface area contributed by atoms with Gasteiger partial charge in [-0.3, -0.25) is 18.9 Å². The summed E-state index contributed by atoms with van der Waals surface area (Å²) in [5.41, 5.74) is -1.18. The molecule has 0 aromatic carbocycles. The third kappa shape index (κ3) is 3.77. The zero-order valence-electron chi connectivity index (χ0n) is 16.4. The monoisotopic (exact) mass is 418 g/mol. The minimum absolute atomic E-state index is 0.252. The third-order valence-electron chi connectivity index (χ3n) is 5.33. The van der Waals surface area contributed by atoms with Gasteiger partial charge in [-0.2, -0.15) is 0 Å². The van der Waals surface area contributed by atoms with Gasteiger partial charge in [0.2, 0.25) is 0 Å². The van der Waals surface area contributed by atoms with Gasteiger partial charge in [0.15, 0.2) is 6.23 Å². The molecule has 3 rings (SSSR count). The number of hydrogen-bond acceptors (Lipinski definition) is 8. The summed E-state index contributed by atoms with van der Waals surface area (Å²) >= 11 is 0. The molecule has 10 nitrogen and oxygen atoms in total. The first-order valence-electron chi connectivity index (χ1n) is 9.25. The summed E-state index contributed by atoms with van der Waals surface area (Å²) in [5.74, 6) is -0.252. The summed E-state index contributed by atoms with van der Waals surface area (Å²) in [7, 11) is -0.634. The summed E-state index contributed by atoms with van der Waals surface area (Å²) < 4.78 is 35.8. The van der Waals surface area contributed by atoms with E-state index >= 15 is 0 Å². The number of aromatic amines is 1. The Labute approximate surface area is 162 Å². The normalized spacial score (nSPS) is 32.6. The molecule has 0 radical (unpaired) electrons. The van der Waals surface area contributed by atoms with Crippen LogP contribution in [0.4, 0.5) is 0 Å². The number of rotatable bonds is 8. The summed E-state index contributed by atoms with van der Waals surface area (Å²) in [4.78, 5) is 26.2. The predicted octanol–water partition coefficient (Wildman–Crippen LogP) is 0.773. The van der Waals surface area contributed by atoms with Crippen LogP contribution in [0.1, 0.15) is 31.6 Å². The van der Waals surface area contributed by atoms with E-state index in [9.17, 15) is 19.3 Å². The Hall–Kier alpha value is -1.29. The summed E-state index contributed by atoms with van der Waals surface area (Å²) in [6.07, 6.45) is -0.841. The van der Waals surface area contributed by atoms with Gasteiger partial charge >= 0.3 is 13.3 Å². The van der Waals surface area contributed by atoms with Crippen molar-refractivity contribution in [3.05, 3.63) is 32.6 Å². The van der Waals surface area contributed by atoms with Crippen molar-refractivity contribution in [2.24, 2.45) is 5.92 Å². The van der Waals surface area contributed by atoms with Gasteiger partial charge < -0.3 is 23.6 Å². The Morgan fingerprint density at radius 2 is 2.04 bits per heavy atom. The van der Waals surface area contributed by atoms with Crippen LogP contribution < -0.4 is 11.2 Å². The van der Waals surface area contributed by atoms with Crippen LogP contribution in [0.15, 0.2) is 15.8 Å². The Morgan fingerprint density at radius 3 is 2.64 bits per heavy atom. The van der Waals surface area contributed by atoms with Gasteiger partial charge in [-0.05, 0) is 19.8 Å². The molecule has 11 heteroatoms. The number of ether oxygens (including phenoxy) is 2. The fourth-order valence-corrected chi connectivity index (χ4v) is 5.56. The first-order chi connectivity index (χ1) is 13.3. The molecule has 1 aliphatic carbocycles. The summed E-state index contributed by atoms with van der Waals surface area (Å²) in [5, 5.41) is 10.9. The lowest BCUT2D eigenvalue weighted by Crippen LogP contribution is -2.40. The van der Waals surface area contributed by atoms with E-state index in [1.54, 1.807) is 6.92 Å². The Kier molecular flexibility index (Phi) is 6.29. The van der Waals surface area contributed by atoms with E-state index in [4.69, 9.17) is 18.5 Å². The van der Waals surface area contributed by atoms with E-state index in [0.717, 1.165) is 6.42 Å². The number of hydrogen-bond donors (Lipinski definition) is 2. The van der Waals surface area contributed by atoms with Crippen LogP contribution >= 0.6 is 7.60 Å². The zero-order valence-corrected chi connectivity index (χ0v) is 17.3. The maximum Gasteiger partial charge on any atom is 0.333 e. The van der Waals surface area contributed by atoms with Crippen LogP contribution in [-0.2, 0) is 23.1 Å². The molecule has 28 heavy (non-hydrogen) atoms. The van der Waals surface area contributed by atoms with Crippen molar-refractivity contribution in [3.8, 4) is 0 Å².